The van der Waals surface area contributed by atoms with Gasteiger partial charge in [-0.2, -0.15) is 0 Å². The van der Waals surface area contributed by atoms with Crippen molar-refractivity contribution in [3.8, 4) is 11.5 Å². The van der Waals surface area contributed by atoms with Crippen LogP contribution in [0.3, 0.4) is 0 Å². The molecule has 80 valence electrons. The topological polar surface area (TPSA) is 32.8 Å². The van der Waals surface area contributed by atoms with Crippen LogP contribution < -0.4 is 4.74 Å². The van der Waals surface area contributed by atoms with Gasteiger partial charge in [0.2, 0.25) is 0 Å². The standard InChI is InChI=1S/C14H12O2/c15-12(10-5-2-1-3-6-10)9-11-7-4-8-13-14(11)16-13/h1-8,12,15H,9H2. The zero-order valence-corrected chi connectivity index (χ0v) is 8.76. The number of rotatable bonds is 3. The number of benzene rings is 2. The number of ether oxygens (including phenoxy) is 1. The van der Waals surface area contributed by atoms with Crippen molar-refractivity contribution in [2.45, 2.75) is 12.5 Å². The van der Waals surface area contributed by atoms with Crippen LogP contribution in [0.15, 0.2) is 48.5 Å². The van der Waals surface area contributed by atoms with Gasteiger partial charge in [-0.15, -0.1) is 0 Å². The number of hydrogen-bond donors (Lipinski definition) is 1. The highest BCUT2D eigenvalue weighted by molar-refractivity contribution is 5.59. The number of aliphatic hydroxyl groups excluding tert-OH is 1. The molecule has 2 aromatic carbocycles. The summed E-state index contributed by atoms with van der Waals surface area (Å²) in [7, 11) is 0. The molecular formula is C14H12O2. The van der Waals surface area contributed by atoms with Crippen LogP contribution in [0.5, 0.6) is 11.5 Å². The molecule has 1 aliphatic rings. The minimum Gasteiger partial charge on any atom is -0.449 e. The van der Waals surface area contributed by atoms with E-state index in [1.54, 1.807) is 0 Å². The van der Waals surface area contributed by atoms with Crippen LogP contribution >= 0.6 is 0 Å². The Labute approximate surface area is 94.1 Å². The molecule has 2 aromatic rings. The van der Waals surface area contributed by atoms with Crippen LogP contribution in [0.4, 0.5) is 0 Å². The predicted octanol–water partition coefficient (Wildman–Crippen LogP) is 3.07. The highest BCUT2D eigenvalue weighted by Gasteiger charge is 2.24. The number of hydrogen-bond acceptors (Lipinski definition) is 2. The summed E-state index contributed by atoms with van der Waals surface area (Å²) in [6.45, 7) is 0. The Hall–Kier alpha value is -1.80. The minimum atomic E-state index is -0.461. The third-order valence-corrected chi connectivity index (χ3v) is 2.83. The Morgan fingerprint density at radius 2 is 1.81 bits per heavy atom. The fourth-order valence-corrected chi connectivity index (χ4v) is 1.91. The van der Waals surface area contributed by atoms with Crippen LogP contribution in [0.25, 0.3) is 0 Å². The highest BCUT2D eigenvalue weighted by atomic mass is 16.6. The van der Waals surface area contributed by atoms with Crippen molar-refractivity contribution in [3.63, 3.8) is 0 Å². The quantitative estimate of drug-likeness (QED) is 0.677. The molecule has 0 bridgehead atoms. The lowest BCUT2D eigenvalue weighted by Gasteiger charge is -2.09. The molecule has 2 nitrogen and oxygen atoms in total. The first kappa shape index (κ1) is 9.43. The Morgan fingerprint density at radius 1 is 1.00 bits per heavy atom. The van der Waals surface area contributed by atoms with E-state index >= 15 is 0 Å². The van der Waals surface area contributed by atoms with E-state index in [4.69, 9.17) is 4.74 Å². The Balaban J connectivity index is 1.79. The van der Waals surface area contributed by atoms with Crippen molar-refractivity contribution in [1.29, 1.82) is 0 Å². The molecular weight excluding hydrogens is 200 g/mol. The predicted molar refractivity (Wildman–Crippen MR) is 61.6 cm³/mol. The maximum absolute atomic E-state index is 10.1. The van der Waals surface area contributed by atoms with E-state index in [-0.39, 0.29) is 0 Å². The molecule has 3 rings (SSSR count). The summed E-state index contributed by atoms with van der Waals surface area (Å²) in [5, 5.41) is 10.1. The van der Waals surface area contributed by atoms with Gasteiger partial charge in [0.1, 0.15) is 0 Å². The molecule has 2 heteroatoms. The van der Waals surface area contributed by atoms with Crippen molar-refractivity contribution in [1.82, 2.24) is 0 Å². The molecule has 1 atom stereocenters. The maximum atomic E-state index is 10.1. The summed E-state index contributed by atoms with van der Waals surface area (Å²) in [6.07, 6.45) is 0.143. The van der Waals surface area contributed by atoms with E-state index in [1.165, 1.54) is 0 Å². The molecule has 0 saturated carbocycles. The number of aliphatic hydroxyl groups is 1. The fraction of sp³-hybridized carbons (Fsp3) is 0.143. The van der Waals surface area contributed by atoms with E-state index in [2.05, 4.69) is 0 Å². The van der Waals surface area contributed by atoms with Gasteiger partial charge < -0.3 is 9.84 Å². The van der Waals surface area contributed by atoms with Gasteiger partial charge in [0.15, 0.2) is 11.5 Å². The lowest BCUT2D eigenvalue weighted by atomic mass is 10.0. The molecule has 0 amide bonds. The van der Waals surface area contributed by atoms with E-state index in [1.807, 2.05) is 48.5 Å². The highest BCUT2D eigenvalue weighted by Crippen LogP contribution is 2.48. The maximum Gasteiger partial charge on any atom is 0.173 e. The minimum absolute atomic E-state index is 0.461. The molecule has 0 aliphatic carbocycles. The van der Waals surface area contributed by atoms with Crippen molar-refractivity contribution in [3.05, 3.63) is 59.7 Å². The molecule has 0 radical (unpaired) electrons. The Kier molecular flexibility index (Phi) is 2.15. The summed E-state index contributed by atoms with van der Waals surface area (Å²) in [5.74, 6) is 1.88. The molecule has 1 aliphatic heterocycles. The average Bonchev–Trinajstić information content (AvgIpc) is 3.10. The monoisotopic (exact) mass is 212 g/mol. The normalized spacial score (nSPS) is 13.8. The first-order valence-corrected chi connectivity index (χ1v) is 5.37. The molecule has 1 N–H and O–H groups in total. The Morgan fingerprint density at radius 3 is 2.62 bits per heavy atom. The Bertz CT molecular complexity index is 505. The molecule has 0 saturated heterocycles. The van der Waals surface area contributed by atoms with E-state index in [9.17, 15) is 5.11 Å². The van der Waals surface area contributed by atoms with E-state index < -0.39 is 6.10 Å². The van der Waals surface area contributed by atoms with Gasteiger partial charge in [0.25, 0.3) is 0 Å². The largest absolute Gasteiger partial charge is 0.449 e. The van der Waals surface area contributed by atoms with Gasteiger partial charge >= 0.3 is 0 Å². The van der Waals surface area contributed by atoms with Gasteiger partial charge in [-0.25, -0.2) is 0 Å². The zero-order valence-electron chi connectivity index (χ0n) is 8.76. The fourth-order valence-electron chi connectivity index (χ4n) is 1.91. The molecule has 1 heterocycles. The van der Waals surface area contributed by atoms with Gasteiger partial charge in [-0.05, 0) is 11.6 Å². The second-order valence-corrected chi connectivity index (χ2v) is 3.98. The van der Waals surface area contributed by atoms with Gasteiger partial charge in [0, 0.05) is 12.0 Å². The van der Waals surface area contributed by atoms with Gasteiger partial charge in [-0.1, -0.05) is 42.5 Å². The summed E-state index contributed by atoms with van der Waals surface area (Å²) in [6, 6.07) is 15.6. The van der Waals surface area contributed by atoms with Gasteiger partial charge in [0.05, 0.1) is 6.10 Å². The summed E-state index contributed by atoms with van der Waals surface area (Å²) >= 11 is 0. The van der Waals surface area contributed by atoms with E-state index in [0.717, 1.165) is 22.6 Å². The van der Waals surface area contributed by atoms with Crippen LogP contribution in [0, 0.1) is 0 Å². The number of fused-ring (bicyclic) bond motifs is 1. The average molecular weight is 212 g/mol. The SMILES string of the molecule is OC(Cc1cccc2c1O2)c1ccccc1. The second kappa shape index (κ2) is 3.65. The summed E-state index contributed by atoms with van der Waals surface area (Å²) in [5.41, 5.74) is 2.02. The van der Waals surface area contributed by atoms with Gasteiger partial charge in [-0.3, -0.25) is 0 Å². The molecule has 16 heavy (non-hydrogen) atoms. The zero-order chi connectivity index (χ0) is 11.0. The first-order valence-electron chi connectivity index (χ1n) is 5.37. The lowest BCUT2D eigenvalue weighted by molar-refractivity contribution is 0.178. The smallest absolute Gasteiger partial charge is 0.173 e. The third kappa shape index (κ3) is 1.68. The van der Waals surface area contributed by atoms with Crippen molar-refractivity contribution in [2.24, 2.45) is 0 Å². The lowest BCUT2D eigenvalue weighted by Crippen LogP contribution is -2.00. The van der Waals surface area contributed by atoms with Crippen molar-refractivity contribution >= 4 is 0 Å². The number of para-hydroxylation sites is 1. The molecule has 1 unspecified atom stereocenters. The third-order valence-electron chi connectivity index (χ3n) is 2.83. The van der Waals surface area contributed by atoms with Crippen molar-refractivity contribution < 1.29 is 9.84 Å². The van der Waals surface area contributed by atoms with Crippen LogP contribution in [0.2, 0.25) is 0 Å². The molecule has 0 fully saturated rings. The first-order chi connectivity index (χ1) is 7.84. The second-order valence-electron chi connectivity index (χ2n) is 3.98. The summed E-state index contributed by atoms with van der Waals surface area (Å²) < 4.78 is 5.29. The molecule has 0 spiro atoms. The van der Waals surface area contributed by atoms with Crippen LogP contribution in [0.1, 0.15) is 17.2 Å². The van der Waals surface area contributed by atoms with Crippen LogP contribution in [-0.4, -0.2) is 5.11 Å². The van der Waals surface area contributed by atoms with Crippen LogP contribution in [-0.2, 0) is 6.42 Å². The van der Waals surface area contributed by atoms with Crippen molar-refractivity contribution in [2.75, 3.05) is 0 Å². The summed E-state index contributed by atoms with van der Waals surface area (Å²) in [4.78, 5) is 0. The van der Waals surface area contributed by atoms with E-state index in [0.29, 0.717) is 6.42 Å². The molecule has 0 aromatic heterocycles.